The Morgan fingerprint density at radius 1 is 1.09 bits per heavy atom. The molecular formula is C17H25NO4. The zero-order valence-corrected chi connectivity index (χ0v) is 13.8. The third-order valence-electron chi connectivity index (χ3n) is 3.44. The Kier molecular flexibility index (Phi) is 6.40. The summed E-state index contributed by atoms with van der Waals surface area (Å²) < 4.78 is 5.72. The van der Waals surface area contributed by atoms with Gasteiger partial charge < -0.3 is 15.2 Å². The highest BCUT2D eigenvalue weighted by molar-refractivity contribution is 5.86. The Morgan fingerprint density at radius 3 is 2.18 bits per heavy atom. The van der Waals surface area contributed by atoms with Gasteiger partial charge in [-0.15, -0.1) is 0 Å². The van der Waals surface area contributed by atoms with Crippen LogP contribution in [0, 0.1) is 5.92 Å². The van der Waals surface area contributed by atoms with Gasteiger partial charge in [0.1, 0.15) is 11.8 Å². The van der Waals surface area contributed by atoms with Gasteiger partial charge in [-0.1, -0.05) is 45.9 Å². The van der Waals surface area contributed by atoms with Crippen LogP contribution in [0.25, 0.3) is 0 Å². The average molecular weight is 307 g/mol. The van der Waals surface area contributed by atoms with Crippen molar-refractivity contribution in [3.05, 3.63) is 29.8 Å². The Morgan fingerprint density at radius 2 is 1.68 bits per heavy atom. The maximum Gasteiger partial charge on any atom is 0.326 e. The first-order valence-corrected chi connectivity index (χ1v) is 7.52. The Balaban J connectivity index is 2.78. The first-order valence-electron chi connectivity index (χ1n) is 7.52. The molecule has 0 aliphatic rings. The Hall–Kier alpha value is -2.04. The molecule has 0 aliphatic carbocycles. The van der Waals surface area contributed by atoms with E-state index in [4.69, 9.17) is 9.84 Å². The van der Waals surface area contributed by atoms with Crippen molar-refractivity contribution in [1.29, 1.82) is 0 Å². The van der Waals surface area contributed by atoms with E-state index in [1.165, 1.54) is 0 Å². The van der Waals surface area contributed by atoms with E-state index in [0.717, 1.165) is 5.56 Å². The van der Waals surface area contributed by atoms with Gasteiger partial charge in [0.2, 0.25) is 0 Å². The maximum atomic E-state index is 12.1. The molecule has 1 aromatic rings. The molecule has 5 heteroatoms. The van der Waals surface area contributed by atoms with Crippen molar-refractivity contribution in [1.82, 2.24) is 5.32 Å². The highest BCUT2D eigenvalue weighted by atomic mass is 16.5. The number of nitrogens with one attached hydrogen (secondary N) is 1. The van der Waals surface area contributed by atoms with Crippen molar-refractivity contribution in [3.8, 4) is 5.75 Å². The topological polar surface area (TPSA) is 75.6 Å². The number of aliphatic carboxylic acids is 1. The van der Waals surface area contributed by atoms with Crippen molar-refractivity contribution in [3.63, 3.8) is 0 Å². The van der Waals surface area contributed by atoms with Crippen LogP contribution in [0.15, 0.2) is 24.3 Å². The monoisotopic (exact) mass is 307 g/mol. The minimum atomic E-state index is -1.04. The molecule has 0 spiro atoms. The zero-order valence-electron chi connectivity index (χ0n) is 13.8. The van der Waals surface area contributed by atoms with Crippen LogP contribution in [0.3, 0.4) is 0 Å². The van der Waals surface area contributed by atoms with Crippen LogP contribution in [0.4, 0.5) is 0 Å². The van der Waals surface area contributed by atoms with Gasteiger partial charge in [-0.3, -0.25) is 4.79 Å². The fourth-order valence-corrected chi connectivity index (χ4v) is 2.09. The lowest BCUT2D eigenvalue weighted by Crippen LogP contribution is -2.48. The summed E-state index contributed by atoms with van der Waals surface area (Å²) in [6.07, 6.45) is -0.763. The minimum absolute atomic E-state index is 0.198. The molecule has 1 rings (SSSR count). The fraction of sp³-hybridized carbons (Fsp3) is 0.529. The molecule has 2 N–H and O–H groups in total. The van der Waals surface area contributed by atoms with E-state index in [1.54, 1.807) is 20.8 Å². The van der Waals surface area contributed by atoms with Gasteiger partial charge >= 0.3 is 5.97 Å². The summed E-state index contributed by atoms with van der Waals surface area (Å²) in [5.74, 6) is -0.750. The smallest absolute Gasteiger partial charge is 0.326 e. The lowest BCUT2D eigenvalue weighted by Gasteiger charge is -2.22. The number of rotatable bonds is 7. The molecule has 122 valence electrons. The number of hydrogen-bond acceptors (Lipinski definition) is 3. The molecule has 1 amide bonds. The molecule has 1 aromatic carbocycles. The Labute approximate surface area is 131 Å². The van der Waals surface area contributed by atoms with E-state index in [2.05, 4.69) is 5.32 Å². The number of ether oxygens (including phenoxy) is 1. The third kappa shape index (κ3) is 4.76. The van der Waals surface area contributed by atoms with Gasteiger partial charge in [0, 0.05) is 0 Å². The number of benzene rings is 1. The number of carboxylic acid groups (broad SMARTS) is 1. The molecule has 5 nitrogen and oxygen atoms in total. The first kappa shape index (κ1) is 18.0. The van der Waals surface area contributed by atoms with Crippen LogP contribution in [0.5, 0.6) is 5.75 Å². The van der Waals surface area contributed by atoms with Crippen molar-refractivity contribution < 1.29 is 19.4 Å². The van der Waals surface area contributed by atoms with E-state index >= 15 is 0 Å². The minimum Gasteiger partial charge on any atom is -0.481 e. The number of carbonyl (C=O) groups is 2. The number of hydrogen-bond donors (Lipinski definition) is 2. The highest BCUT2D eigenvalue weighted by Crippen LogP contribution is 2.26. The van der Waals surface area contributed by atoms with Crippen LogP contribution in [-0.4, -0.2) is 29.1 Å². The van der Waals surface area contributed by atoms with Crippen molar-refractivity contribution in [2.75, 3.05) is 0 Å². The summed E-state index contributed by atoms with van der Waals surface area (Å²) in [6.45, 7) is 9.21. The molecule has 0 radical (unpaired) electrons. The summed E-state index contributed by atoms with van der Waals surface area (Å²) in [5.41, 5.74) is 1.01. The normalized spacial score (nSPS) is 13.8. The van der Waals surface area contributed by atoms with Crippen LogP contribution < -0.4 is 10.1 Å². The first-order chi connectivity index (χ1) is 10.2. The second-order valence-corrected chi connectivity index (χ2v) is 6.02. The second-order valence-electron chi connectivity index (χ2n) is 6.02. The van der Waals surface area contributed by atoms with Crippen molar-refractivity contribution in [2.45, 2.75) is 52.7 Å². The molecule has 0 aliphatic heterocycles. The number of para-hydroxylation sites is 1. The lowest BCUT2D eigenvalue weighted by molar-refractivity contribution is -0.144. The number of carboxylic acids is 1. The molecule has 0 fully saturated rings. The molecule has 0 aromatic heterocycles. The summed E-state index contributed by atoms with van der Waals surface area (Å²) in [6, 6.07) is 6.63. The van der Waals surface area contributed by atoms with Crippen molar-refractivity contribution >= 4 is 11.9 Å². The zero-order chi connectivity index (χ0) is 16.9. The van der Waals surface area contributed by atoms with E-state index in [0.29, 0.717) is 5.75 Å². The van der Waals surface area contributed by atoms with Crippen LogP contribution in [-0.2, 0) is 9.59 Å². The third-order valence-corrected chi connectivity index (χ3v) is 3.44. The van der Waals surface area contributed by atoms with Crippen LogP contribution in [0.2, 0.25) is 0 Å². The summed E-state index contributed by atoms with van der Waals surface area (Å²) in [4.78, 5) is 23.3. The lowest BCUT2D eigenvalue weighted by atomic mass is 10.0. The van der Waals surface area contributed by atoms with Gasteiger partial charge in [0.25, 0.3) is 5.91 Å². The summed E-state index contributed by atoms with van der Waals surface area (Å²) in [7, 11) is 0. The van der Waals surface area contributed by atoms with Crippen LogP contribution >= 0.6 is 0 Å². The van der Waals surface area contributed by atoms with E-state index in [-0.39, 0.29) is 11.8 Å². The molecule has 2 atom stereocenters. The van der Waals surface area contributed by atoms with Gasteiger partial charge in [0.05, 0.1) is 0 Å². The van der Waals surface area contributed by atoms with Gasteiger partial charge in [-0.05, 0) is 30.4 Å². The van der Waals surface area contributed by atoms with E-state index < -0.39 is 24.0 Å². The van der Waals surface area contributed by atoms with Crippen molar-refractivity contribution in [2.24, 2.45) is 5.92 Å². The number of amides is 1. The molecule has 0 saturated heterocycles. The Bertz CT molecular complexity index is 525. The summed E-state index contributed by atoms with van der Waals surface area (Å²) >= 11 is 0. The van der Waals surface area contributed by atoms with Gasteiger partial charge in [-0.25, -0.2) is 4.79 Å². The van der Waals surface area contributed by atoms with Gasteiger partial charge in [0.15, 0.2) is 6.10 Å². The predicted octanol–water partition coefficient (Wildman–Crippen LogP) is 2.80. The quantitative estimate of drug-likeness (QED) is 0.812. The predicted molar refractivity (Wildman–Crippen MR) is 85.0 cm³/mol. The fourth-order valence-electron chi connectivity index (χ4n) is 2.09. The molecular weight excluding hydrogens is 282 g/mol. The summed E-state index contributed by atoms with van der Waals surface area (Å²) in [5, 5.41) is 11.6. The highest BCUT2D eigenvalue weighted by Gasteiger charge is 2.26. The van der Waals surface area contributed by atoms with E-state index in [1.807, 2.05) is 38.1 Å². The molecule has 22 heavy (non-hydrogen) atoms. The maximum absolute atomic E-state index is 12.1. The average Bonchev–Trinajstić information content (AvgIpc) is 2.43. The van der Waals surface area contributed by atoms with E-state index in [9.17, 15) is 9.59 Å². The SMILES string of the molecule is CC(Oc1ccccc1C(C)C)C(=O)NC(C(=O)O)C(C)C. The molecule has 2 unspecified atom stereocenters. The molecule has 0 saturated carbocycles. The van der Waals surface area contributed by atoms with Crippen LogP contribution in [0.1, 0.15) is 46.1 Å². The molecule has 0 bridgehead atoms. The standard InChI is InChI=1S/C17H25NO4/c1-10(2)13-8-6-7-9-14(13)22-12(5)16(19)18-15(11(3)4)17(20)21/h6-12,15H,1-5H3,(H,18,19)(H,20,21). The van der Waals surface area contributed by atoms with Gasteiger partial charge in [-0.2, -0.15) is 0 Å². The molecule has 0 heterocycles. The second kappa shape index (κ2) is 7.82. The largest absolute Gasteiger partial charge is 0.481 e. The number of carbonyl (C=O) groups excluding carboxylic acids is 1.